The quantitative estimate of drug-likeness (QED) is 0.476. The number of hydrogen-bond acceptors (Lipinski definition) is 2. The molecule has 2 unspecified atom stereocenters. The molecule has 26 heavy (non-hydrogen) atoms. The largest absolute Gasteiger partial charge is 0.347 e. The summed E-state index contributed by atoms with van der Waals surface area (Å²) in [5.41, 5.74) is 1.98. The molecular formula is C22H35BrN2O. The molecular weight excluding hydrogens is 388 g/mol. The van der Waals surface area contributed by atoms with Crippen LogP contribution in [0.4, 0.5) is 0 Å². The van der Waals surface area contributed by atoms with Crippen LogP contribution in [-0.4, -0.2) is 24.5 Å². The summed E-state index contributed by atoms with van der Waals surface area (Å²) in [5.74, 6) is 1.56. The lowest BCUT2D eigenvalue weighted by Crippen LogP contribution is -2.60. The average Bonchev–Trinajstić information content (AvgIpc) is 2.59. The maximum absolute atomic E-state index is 12.2. The fourth-order valence-electron chi connectivity index (χ4n) is 3.12. The summed E-state index contributed by atoms with van der Waals surface area (Å²) in [6, 6.07) is 0. The van der Waals surface area contributed by atoms with Crippen molar-refractivity contribution in [3.63, 3.8) is 0 Å². The van der Waals surface area contributed by atoms with Crippen molar-refractivity contribution >= 4 is 21.8 Å². The van der Waals surface area contributed by atoms with E-state index in [9.17, 15) is 4.79 Å². The number of rotatable bonds is 5. The number of halogens is 1. The van der Waals surface area contributed by atoms with Crippen molar-refractivity contribution in [1.29, 1.82) is 0 Å². The zero-order valence-corrected chi connectivity index (χ0v) is 18.7. The molecule has 2 saturated heterocycles. The number of carbonyl (C=O) groups is 1. The van der Waals surface area contributed by atoms with E-state index < -0.39 is 0 Å². The highest BCUT2D eigenvalue weighted by molar-refractivity contribution is 9.12. The Kier molecular flexibility index (Phi) is 9.05. The first-order valence-electron chi connectivity index (χ1n) is 9.44. The van der Waals surface area contributed by atoms with Crippen molar-refractivity contribution in [3.05, 3.63) is 46.5 Å². The normalized spacial score (nSPS) is 25.9. The van der Waals surface area contributed by atoms with Crippen LogP contribution < -0.4 is 10.6 Å². The second-order valence-corrected chi connectivity index (χ2v) is 8.70. The average molecular weight is 423 g/mol. The second-order valence-electron chi connectivity index (χ2n) is 7.85. The summed E-state index contributed by atoms with van der Waals surface area (Å²) >= 11 is 3.45. The SMILES string of the molecule is C=C(C)C(C)(C)NC(=O)C1C2CNC[C@@H]1C2.C\C=C/C=C(Br)\C(C)=C\C. The van der Waals surface area contributed by atoms with Gasteiger partial charge in [0.1, 0.15) is 0 Å². The van der Waals surface area contributed by atoms with Crippen LogP contribution in [0.2, 0.25) is 0 Å². The van der Waals surface area contributed by atoms with Crippen LogP contribution in [0.5, 0.6) is 0 Å². The van der Waals surface area contributed by atoms with E-state index in [4.69, 9.17) is 0 Å². The summed E-state index contributed by atoms with van der Waals surface area (Å²) in [6.45, 7) is 18.0. The minimum Gasteiger partial charge on any atom is -0.347 e. The van der Waals surface area contributed by atoms with Crippen LogP contribution in [0.25, 0.3) is 0 Å². The number of amides is 1. The number of piperidine rings is 2. The number of nitrogens with one attached hydrogen (secondary N) is 2. The van der Waals surface area contributed by atoms with Crippen molar-refractivity contribution in [3.8, 4) is 0 Å². The molecule has 0 spiro atoms. The van der Waals surface area contributed by atoms with Crippen molar-refractivity contribution in [1.82, 2.24) is 10.6 Å². The molecule has 146 valence electrons. The van der Waals surface area contributed by atoms with Gasteiger partial charge in [-0.15, -0.1) is 0 Å². The lowest BCUT2D eigenvalue weighted by molar-refractivity contribution is -0.137. The summed E-state index contributed by atoms with van der Waals surface area (Å²) in [4.78, 5) is 12.2. The minimum atomic E-state index is -0.283. The molecule has 2 heterocycles. The number of hydrogen-bond donors (Lipinski definition) is 2. The Bertz CT molecular complexity index is 587. The predicted molar refractivity (Wildman–Crippen MR) is 116 cm³/mol. The third-order valence-corrected chi connectivity index (χ3v) is 6.37. The summed E-state index contributed by atoms with van der Waals surface area (Å²) < 4.78 is 1.15. The third-order valence-electron chi connectivity index (χ3n) is 5.48. The maximum atomic E-state index is 12.2. The van der Waals surface area contributed by atoms with Crippen molar-refractivity contribution in [2.45, 2.75) is 53.5 Å². The molecule has 0 aromatic carbocycles. The third kappa shape index (κ3) is 6.24. The van der Waals surface area contributed by atoms with Gasteiger partial charge in [0.05, 0.1) is 5.54 Å². The predicted octanol–water partition coefficient (Wildman–Crippen LogP) is 5.12. The van der Waals surface area contributed by atoms with Crippen LogP contribution >= 0.6 is 15.9 Å². The maximum Gasteiger partial charge on any atom is 0.224 e. The minimum absolute atomic E-state index is 0.218. The molecule has 3 fully saturated rings. The van der Waals surface area contributed by atoms with E-state index >= 15 is 0 Å². The molecule has 3 aliphatic rings. The number of fused-ring (bicyclic) bond motifs is 2. The first-order chi connectivity index (χ1) is 12.1. The van der Waals surface area contributed by atoms with Gasteiger partial charge in [-0.25, -0.2) is 0 Å². The Morgan fingerprint density at radius 1 is 1.23 bits per heavy atom. The highest BCUT2D eigenvalue weighted by Crippen LogP contribution is 2.42. The fraction of sp³-hybridized carbons (Fsp3) is 0.591. The number of allylic oxidation sites excluding steroid dienone is 6. The van der Waals surface area contributed by atoms with E-state index in [1.807, 2.05) is 52.8 Å². The van der Waals surface area contributed by atoms with Crippen molar-refractivity contribution in [2.24, 2.45) is 17.8 Å². The van der Waals surface area contributed by atoms with Gasteiger partial charge in [0, 0.05) is 10.4 Å². The van der Waals surface area contributed by atoms with Gasteiger partial charge in [-0.3, -0.25) is 4.79 Å². The van der Waals surface area contributed by atoms with E-state index in [2.05, 4.69) is 46.1 Å². The van der Waals surface area contributed by atoms with Crippen LogP contribution in [-0.2, 0) is 4.79 Å². The molecule has 4 heteroatoms. The Balaban J connectivity index is 0.000000294. The van der Waals surface area contributed by atoms with Crippen molar-refractivity contribution < 1.29 is 4.79 Å². The Labute approximate surface area is 168 Å². The first kappa shape index (κ1) is 22.9. The van der Waals surface area contributed by atoms with Gasteiger partial charge in [-0.1, -0.05) is 46.3 Å². The fourth-order valence-corrected chi connectivity index (χ4v) is 3.50. The molecule has 3 rings (SSSR count). The highest BCUT2D eigenvalue weighted by atomic mass is 79.9. The van der Waals surface area contributed by atoms with E-state index in [-0.39, 0.29) is 17.4 Å². The van der Waals surface area contributed by atoms with Gasteiger partial charge in [0.2, 0.25) is 5.91 Å². The molecule has 0 aromatic heterocycles. The summed E-state index contributed by atoms with van der Waals surface area (Å²) in [6.07, 6.45) is 9.35. The van der Waals surface area contributed by atoms with Gasteiger partial charge in [-0.05, 0) is 84.5 Å². The van der Waals surface area contributed by atoms with Crippen molar-refractivity contribution in [2.75, 3.05) is 13.1 Å². The molecule has 1 amide bonds. The molecule has 2 N–H and O–H groups in total. The molecule has 3 atom stereocenters. The van der Waals surface area contributed by atoms with Crippen LogP contribution in [0.15, 0.2) is 46.5 Å². The molecule has 1 saturated carbocycles. The van der Waals surface area contributed by atoms with Gasteiger partial charge in [0.25, 0.3) is 0 Å². The van der Waals surface area contributed by atoms with E-state index in [0.717, 1.165) is 23.1 Å². The number of carbonyl (C=O) groups excluding carboxylic acids is 1. The van der Waals surface area contributed by atoms with E-state index in [1.54, 1.807) is 0 Å². The molecule has 1 aliphatic carbocycles. The Hall–Kier alpha value is -1.13. The first-order valence-corrected chi connectivity index (χ1v) is 10.2. The molecule has 0 aromatic rings. The smallest absolute Gasteiger partial charge is 0.224 e. The van der Waals surface area contributed by atoms with Gasteiger partial charge in [0.15, 0.2) is 0 Å². The molecule has 0 radical (unpaired) electrons. The Morgan fingerprint density at radius 3 is 2.23 bits per heavy atom. The zero-order valence-electron chi connectivity index (χ0n) is 17.2. The zero-order chi connectivity index (χ0) is 19.9. The van der Waals surface area contributed by atoms with Gasteiger partial charge < -0.3 is 10.6 Å². The lowest BCUT2D eigenvalue weighted by atomic mass is 9.61. The standard InChI is InChI=1S/C13H22N2O.C9H13Br/c1-8(2)13(3,4)15-12(16)11-9-5-10(11)7-14-6-9;1-4-6-7-9(10)8(3)5-2/h9-11,14H,1,5-7H2,2-4H3,(H,15,16);4-7H,1-3H3/b;6-4-,8-5+,9-7+/t9-,10?,11?;/m0./s1. The topological polar surface area (TPSA) is 41.1 Å². The second kappa shape index (κ2) is 10.3. The summed E-state index contributed by atoms with van der Waals surface area (Å²) in [5, 5.41) is 6.48. The van der Waals surface area contributed by atoms with Crippen LogP contribution in [0.3, 0.4) is 0 Å². The molecule has 2 aliphatic heterocycles. The Morgan fingerprint density at radius 2 is 1.81 bits per heavy atom. The molecule has 2 bridgehead atoms. The monoisotopic (exact) mass is 422 g/mol. The summed E-state index contributed by atoms with van der Waals surface area (Å²) in [7, 11) is 0. The van der Waals surface area contributed by atoms with Crippen LogP contribution in [0.1, 0.15) is 48.0 Å². The highest BCUT2D eigenvalue weighted by Gasteiger charge is 2.48. The van der Waals surface area contributed by atoms with E-state index in [1.165, 1.54) is 12.0 Å². The van der Waals surface area contributed by atoms with Gasteiger partial charge >= 0.3 is 0 Å². The lowest BCUT2D eigenvalue weighted by Gasteiger charge is -2.49. The van der Waals surface area contributed by atoms with Gasteiger partial charge in [-0.2, -0.15) is 0 Å². The molecule has 3 nitrogen and oxygen atoms in total. The van der Waals surface area contributed by atoms with Crippen LogP contribution in [0, 0.1) is 17.8 Å². The van der Waals surface area contributed by atoms with E-state index in [0.29, 0.717) is 11.8 Å².